The van der Waals surface area contributed by atoms with Crippen LogP contribution in [0.5, 0.6) is 0 Å². The lowest BCUT2D eigenvalue weighted by Gasteiger charge is -2.46. The van der Waals surface area contributed by atoms with E-state index in [-0.39, 0.29) is 0 Å². The lowest BCUT2D eigenvalue weighted by atomic mass is 9.90. The molecule has 2 rings (SSSR count). The van der Waals surface area contributed by atoms with Gasteiger partial charge in [-0.1, -0.05) is 0 Å². The number of rotatable bonds is 8. The number of carbonyl (C=O) groups excluding carboxylic acids is 1. The maximum Gasteiger partial charge on any atom is 0.364 e. The van der Waals surface area contributed by atoms with Crippen molar-refractivity contribution in [1.29, 1.82) is 0 Å². The molecule has 0 spiro atoms. The summed E-state index contributed by atoms with van der Waals surface area (Å²) in [6.45, 7) is -0.670. The molecule has 2 heterocycles. The summed E-state index contributed by atoms with van der Waals surface area (Å²) in [6, 6.07) is -1.38. The molecule has 0 saturated carbocycles. The van der Waals surface area contributed by atoms with E-state index in [1.165, 1.54) is 0 Å². The Morgan fingerprint density at radius 1 is 1.12 bits per heavy atom. The van der Waals surface area contributed by atoms with Crippen molar-refractivity contribution in [3.63, 3.8) is 0 Å². The molecule has 0 aliphatic carbocycles. The van der Waals surface area contributed by atoms with E-state index in [2.05, 4.69) is 5.32 Å². The van der Waals surface area contributed by atoms with Gasteiger partial charge in [0.2, 0.25) is 5.91 Å². The first-order valence-electron chi connectivity index (χ1n) is 9.69. The number of aliphatic carboxylic acids is 1. The van der Waals surface area contributed by atoms with Gasteiger partial charge in [0.25, 0.3) is 5.79 Å². The topological polar surface area (TPSA) is 256 Å². The molecule has 0 aromatic heterocycles. The molecule has 10 N–H and O–H groups in total. The van der Waals surface area contributed by atoms with E-state index >= 15 is 0 Å². The molecule has 1 amide bonds. The van der Waals surface area contributed by atoms with Crippen LogP contribution in [0, 0.1) is 0 Å². The summed E-state index contributed by atoms with van der Waals surface area (Å²) < 4.78 is 15.5. The zero-order valence-electron chi connectivity index (χ0n) is 17.0. The van der Waals surface area contributed by atoms with Gasteiger partial charge in [-0.05, 0) is 0 Å². The summed E-state index contributed by atoms with van der Waals surface area (Å²) >= 11 is 0. The third kappa shape index (κ3) is 5.52. The molecule has 15 heteroatoms. The van der Waals surface area contributed by atoms with E-state index < -0.39 is 98.5 Å². The van der Waals surface area contributed by atoms with Gasteiger partial charge in [0.05, 0.1) is 19.3 Å². The first kappa shape index (κ1) is 26.7. The summed E-state index contributed by atoms with van der Waals surface area (Å²) in [4.78, 5) is 23.1. The predicted molar refractivity (Wildman–Crippen MR) is 97.4 cm³/mol. The SMILES string of the molecule is CC(=O)N[C@@H]1[C@@H](O)[C@@H](O)[C@@H](CO[C@]2(C(=O)O)C[C@H](O)[C@@H](O)[C@H]([C@H](O)[C@H](O)CO)O2)O[C@H]1O. The maximum atomic E-state index is 11.9. The second-order valence-corrected chi connectivity index (χ2v) is 7.73. The fourth-order valence-electron chi connectivity index (χ4n) is 3.54. The highest BCUT2D eigenvalue weighted by Crippen LogP contribution is 2.34. The number of amides is 1. The molecule has 15 nitrogen and oxygen atoms in total. The second kappa shape index (κ2) is 10.6. The number of carbonyl (C=O) groups is 2. The van der Waals surface area contributed by atoms with Crippen molar-refractivity contribution in [1.82, 2.24) is 5.32 Å². The van der Waals surface area contributed by atoms with Crippen LogP contribution in [0.3, 0.4) is 0 Å². The van der Waals surface area contributed by atoms with Crippen molar-refractivity contribution in [3.05, 3.63) is 0 Å². The zero-order valence-corrected chi connectivity index (χ0v) is 17.0. The minimum Gasteiger partial charge on any atom is -0.477 e. The number of hydrogen-bond donors (Lipinski definition) is 10. The minimum absolute atomic E-state index is 0.624. The predicted octanol–water partition coefficient (Wildman–Crippen LogP) is -6.05. The van der Waals surface area contributed by atoms with Gasteiger partial charge >= 0.3 is 5.97 Å². The van der Waals surface area contributed by atoms with E-state index in [1.54, 1.807) is 0 Å². The summed E-state index contributed by atoms with van der Waals surface area (Å²) in [6.07, 6.45) is -17.0. The Bertz CT molecular complexity index is 665. The fraction of sp³-hybridized carbons (Fsp3) is 0.882. The molecule has 186 valence electrons. The van der Waals surface area contributed by atoms with Crippen LogP contribution in [0.25, 0.3) is 0 Å². The smallest absolute Gasteiger partial charge is 0.364 e. The number of nitrogens with one attached hydrogen (secondary N) is 1. The molecule has 0 aromatic rings. The molecule has 32 heavy (non-hydrogen) atoms. The molecule has 2 aliphatic rings. The van der Waals surface area contributed by atoms with Crippen molar-refractivity contribution in [3.8, 4) is 0 Å². The van der Waals surface area contributed by atoms with Crippen LogP contribution in [0.4, 0.5) is 0 Å². The Balaban J connectivity index is 2.17. The quantitative estimate of drug-likeness (QED) is 0.158. The maximum absolute atomic E-state index is 11.9. The summed E-state index contributed by atoms with van der Waals surface area (Å²) in [5.74, 6) is -5.13. The lowest BCUT2D eigenvalue weighted by Crippen LogP contribution is -2.66. The minimum atomic E-state index is -2.70. The normalized spacial score (nSPS) is 42.2. The molecular weight excluding hydrogens is 442 g/mol. The number of carboxylic acid groups (broad SMARTS) is 1. The Hall–Kier alpha value is -1.50. The third-order valence-electron chi connectivity index (χ3n) is 5.35. The lowest BCUT2D eigenvalue weighted by molar-refractivity contribution is -0.340. The third-order valence-corrected chi connectivity index (χ3v) is 5.35. The Kier molecular flexibility index (Phi) is 8.88. The van der Waals surface area contributed by atoms with Crippen LogP contribution >= 0.6 is 0 Å². The van der Waals surface area contributed by atoms with Crippen LogP contribution in [0.2, 0.25) is 0 Å². The van der Waals surface area contributed by atoms with E-state index in [1.807, 2.05) is 0 Å². The molecule has 2 aliphatic heterocycles. The van der Waals surface area contributed by atoms with Gasteiger partial charge in [-0.3, -0.25) is 4.79 Å². The highest BCUT2D eigenvalue weighted by Gasteiger charge is 2.56. The monoisotopic (exact) mass is 471 g/mol. The summed E-state index contributed by atoms with van der Waals surface area (Å²) in [7, 11) is 0. The highest BCUT2D eigenvalue weighted by atomic mass is 16.7. The highest BCUT2D eigenvalue weighted by molar-refractivity contribution is 5.76. The van der Waals surface area contributed by atoms with Gasteiger partial charge in [-0.15, -0.1) is 0 Å². The molecule has 0 unspecified atom stereocenters. The molecule has 0 radical (unpaired) electrons. The van der Waals surface area contributed by atoms with Crippen molar-refractivity contribution in [2.24, 2.45) is 0 Å². The Morgan fingerprint density at radius 2 is 1.75 bits per heavy atom. The fourth-order valence-corrected chi connectivity index (χ4v) is 3.54. The Labute approximate surface area is 181 Å². The van der Waals surface area contributed by atoms with E-state index in [0.717, 1.165) is 6.92 Å². The molecule has 11 atom stereocenters. The first-order chi connectivity index (χ1) is 14.8. The van der Waals surface area contributed by atoms with Gasteiger partial charge < -0.3 is 65.5 Å². The van der Waals surface area contributed by atoms with E-state index in [4.69, 9.17) is 19.3 Å². The van der Waals surface area contributed by atoms with Crippen LogP contribution in [-0.2, 0) is 23.8 Å². The van der Waals surface area contributed by atoms with Crippen LogP contribution in [0.15, 0.2) is 0 Å². The number of aliphatic hydroxyl groups is 8. The summed E-state index contributed by atoms with van der Waals surface area (Å²) in [5, 5.41) is 91.0. The van der Waals surface area contributed by atoms with Crippen LogP contribution in [0.1, 0.15) is 13.3 Å². The first-order valence-corrected chi connectivity index (χ1v) is 9.69. The molecule has 2 fully saturated rings. The van der Waals surface area contributed by atoms with E-state index in [9.17, 15) is 50.4 Å². The average molecular weight is 471 g/mol. The second-order valence-electron chi connectivity index (χ2n) is 7.73. The van der Waals surface area contributed by atoms with Gasteiger partial charge in [-0.25, -0.2) is 4.79 Å². The molecule has 0 bridgehead atoms. The number of ether oxygens (including phenoxy) is 3. The van der Waals surface area contributed by atoms with Gasteiger partial charge in [0, 0.05) is 13.3 Å². The van der Waals surface area contributed by atoms with Gasteiger partial charge in [-0.2, -0.15) is 0 Å². The van der Waals surface area contributed by atoms with Crippen molar-refractivity contribution < 1.29 is 69.8 Å². The van der Waals surface area contributed by atoms with E-state index in [0.29, 0.717) is 0 Å². The van der Waals surface area contributed by atoms with Crippen LogP contribution < -0.4 is 5.32 Å². The van der Waals surface area contributed by atoms with Crippen molar-refractivity contribution >= 4 is 11.9 Å². The standard InChI is InChI=1S/C17H29NO14/c1-5(20)18-9-13(26)12(25)8(31-15(9)27)4-30-17(16(28)29)2-6(21)10(23)14(32-17)11(24)7(22)3-19/h6-15,19,21-27H,2-4H2,1H3,(H,18,20)(H,28,29)/t6-,7+,8+,9+,10+,11+,12-,13+,14+,15+,17+/m0/s1. The average Bonchev–Trinajstić information content (AvgIpc) is 2.73. The van der Waals surface area contributed by atoms with Crippen molar-refractivity contribution in [2.75, 3.05) is 13.2 Å². The largest absolute Gasteiger partial charge is 0.477 e. The molecular formula is C17H29NO14. The van der Waals surface area contributed by atoms with Crippen LogP contribution in [-0.4, -0.2) is 138 Å². The molecule has 2 saturated heterocycles. The van der Waals surface area contributed by atoms with Gasteiger partial charge in [0.15, 0.2) is 6.29 Å². The molecule has 0 aromatic carbocycles. The number of aliphatic hydroxyl groups excluding tert-OH is 8. The Morgan fingerprint density at radius 3 is 2.28 bits per heavy atom. The van der Waals surface area contributed by atoms with Crippen molar-refractivity contribution in [2.45, 2.75) is 80.3 Å². The zero-order chi connectivity index (χ0) is 24.4. The summed E-state index contributed by atoms with van der Waals surface area (Å²) in [5.41, 5.74) is 0. The number of hydrogen-bond acceptors (Lipinski definition) is 13. The van der Waals surface area contributed by atoms with Gasteiger partial charge in [0.1, 0.15) is 48.8 Å². The number of carboxylic acids is 1.